The number of aromatic nitrogens is 4. The van der Waals surface area contributed by atoms with Gasteiger partial charge in [0.1, 0.15) is 0 Å². The minimum Gasteiger partial charge on any atom is -0.321 e. The summed E-state index contributed by atoms with van der Waals surface area (Å²) in [7, 11) is 0. The molecule has 2 aromatic heterocycles. The van der Waals surface area contributed by atoms with Crippen LogP contribution in [0.5, 0.6) is 0 Å². The number of amides is 1. The summed E-state index contributed by atoms with van der Waals surface area (Å²) < 4.78 is 1.52. The summed E-state index contributed by atoms with van der Waals surface area (Å²) in [6.07, 6.45) is 3.82. The van der Waals surface area contributed by atoms with Crippen LogP contribution in [0.4, 0.5) is 5.69 Å². The molecule has 1 aliphatic rings. The Morgan fingerprint density at radius 1 is 1.08 bits per heavy atom. The second kappa shape index (κ2) is 4.86. The fraction of sp³-hybridized carbons (Fsp3) is 0.111. The van der Waals surface area contributed by atoms with Crippen LogP contribution >= 0.6 is 0 Å². The van der Waals surface area contributed by atoms with E-state index >= 15 is 0 Å². The van der Waals surface area contributed by atoms with E-state index in [1.165, 1.54) is 21.0 Å². The van der Waals surface area contributed by atoms with Gasteiger partial charge in [-0.15, -0.1) is 5.10 Å². The molecule has 0 aliphatic heterocycles. The molecule has 6 nitrogen and oxygen atoms in total. The van der Waals surface area contributed by atoms with Crippen molar-refractivity contribution in [3.63, 3.8) is 0 Å². The molecule has 0 fully saturated rings. The molecule has 0 radical (unpaired) electrons. The molecule has 2 heterocycles. The molecular formula is C18H13N5O. The highest BCUT2D eigenvalue weighted by atomic mass is 16.1. The molecule has 0 unspecified atom stereocenters. The third-order valence-corrected chi connectivity index (χ3v) is 4.59. The number of aryl methyl sites for hydroxylation is 2. The van der Waals surface area contributed by atoms with Gasteiger partial charge < -0.3 is 5.32 Å². The van der Waals surface area contributed by atoms with Gasteiger partial charge in [0.25, 0.3) is 5.91 Å². The van der Waals surface area contributed by atoms with Crippen LogP contribution in [-0.2, 0) is 12.8 Å². The molecular weight excluding hydrogens is 302 g/mol. The third kappa shape index (κ3) is 1.89. The molecule has 116 valence electrons. The lowest BCUT2D eigenvalue weighted by Gasteiger charge is -2.10. The molecule has 6 heteroatoms. The molecule has 0 bridgehead atoms. The van der Waals surface area contributed by atoms with E-state index < -0.39 is 0 Å². The number of anilines is 1. The highest BCUT2D eigenvalue weighted by Crippen LogP contribution is 2.35. The Morgan fingerprint density at radius 3 is 2.88 bits per heavy atom. The Bertz CT molecular complexity index is 1100. The van der Waals surface area contributed by atoms with Crippen LogP contribution in [0.25, 0.3) is 16.4 Å². The number of nitrogens with zero attached hydrogens (tertiary/aromatic N) is 4. The van der Waals surface area contributed by atoms with E-state index in [1.807, 2.05) is 6.07 Å². The molecule has 0 spiro atoms. The lowest BCUT2D eigenvalue weighted by Crippen LogP contribution is -2.12. The smallest absolute Gasteiger partial charge is 0.255 e. The average molecular weight is 315 g/mol. The number of hydrogen-bond acceptors (Lipinski definition) is 4. The summed E-state index contributed by atoms with van der Waals surface area (Å²) in [4.78, 5) is 12.6. The largest absolute Gasteiger partial charge is 0.321 e. The van der Waals surface area contributed by atoms with Crippen molar-refractivity contribution in [1.82, 2.24) is 20.0 Å². The molecule has 0 saturated heterocycles. The second-order valence-corrected chi connectivity index (χ2v) is 5.96. The number of pyridine rings is 1. The summed E-state index contributed by atoms with van der Waals surface area (Å²) in [6.45, 7) is 0. The standard InChI is InChI=1S/C18H13N5O/c24-18(13-8-9-23-16(10-13)20-21-22-23)19-15-7-6-12-5-4-11-2-1-3-14(15)17(11)12/h1-3,6-10H,4-5H2,(H,19,24). The minimum absolute atomic E-state index is 0.167. The summed E-state index contributed by atoms with van der Waals surface area (Å²) in [6, 6.07) is 13.8. The first-order valence-corrected chi connectivity index (χ1v) is 7.82. The molecule has 0 atom stereocenters. The molecule has 1 amide bonds. The zero-order valence-electron chi connectivity index (χ0n) is 12.7. The molecule has 1 aliphatic carbocycles. The van der Waals surface area contributed by atoms with Gasteiger partial charge in [-0.25, -0.2) is 4.52 Å². The number of hydrogen-bond donors (Lipinski definition) is 1. The number of carbonyl (C=O) groups excluding carboxylic acids is 1. The van der Waals surface area contributed by atoms with E-state index in [9.17, 15) is 4.79 Å². The molecule has 24 heavy (non-hydrogen) atoms. The fourth-order valence-corrected chi connectivity index (χ4v) is 3.43. The monoisotopic (exact) mass is 315 g/mol. The van der Waals surface area contributed by atoms with Crippen molar-refractivity contribution in [2.75, 3.05) is 5.32 Å². The maximum absolute atomic E-state index is 12.6. The number of nitrogens with one attached hydrogen (secondary N) is 1. The Morgan fingerprint density at radius 2 is 1.96 bits per heavy atom. The highest BCUT2D eigenvalue weighted by molar-refractivity contribution is 6.10. The molecule has 5 rings (SSSR count). The number of carbonyl (C=O) groups is 1. The van der Waals surface area contributed by atoms with Crippen molar-refractivity contribution in [3.8, 4) is 0 Å². The van der Waals surface area contributed by atoms with Gasteiger partial charge in [0.15, 0.2) is 5.65 Å². The van der Waals surface area contributed by atoms with Crippen LogP contribution in [0.3, 0.4) is 0 Å². The number of rotatable bonds is 2. The molecule has 0 saturated carbocycles. The van der Waals surface area contributed by atoms with Crippen LogP contribution in [0, 0.1) is 0 Å². The number of fused-ring (bicyclic) bond motifs is 1. The first kappa shape index (κ1) is 13.2. The van der Waals surface area contributed by atoms with Crippen molar-refractivity contribution >= 4 is 28.0 Å². The lowest BCUT2D eigenvalue weighted by atomic mass is 10.0. The second-order valence-electron chi connectivity index (χ2n) is 5.96. The maximum atomic E-state index is 12.6. The third-order valence-electron chi connectivity index (χ3n) is 4.59. The molecule has 1 N–H and O–H groups in total. The van der Waals surface area contributed by atoms with Gasteiger partial charge in [-0.1, -0.05) is 24.3 Å². The molecule has 2 aromatic carbocycles. The predicted octanol–water partition coefficient (Wildman–Crippen LogP) is 2.63. The minimum atomic E-state index is -0.167. The van der Waals surface area contributed by atoms with Crippen LogP contribution < -0.4 is 5.32 Å². The van der Waals surface area contributed by atoms with Crippen molar-refractivity contribution in [1.29, 1.82) is 0 Å². The normalized spacial score (nSPS) is 12.8. The van der Waals surface area contributed by atoms with Gasteiger partial charge in [-0.3, -0.25) is 4.79 Å². The topological polar surface area (TPSA) is 72.2 Å². The Balaban J connectivity index is 1.56. The van der Waals surface area contributed by atoms with Gasteiger partial charge in [0.05, 0.1) is 0 Å². The van der Waals surface area contributed by atoms with Crippen molar-refractivity contribution in [2.45, 2.75) is 12.8 Å². The Labute approximate surface area is 137 Å². The van der Waals surface area contributed by atoms with Gasteiger partial charge >= 0.3 is 0 Å². The fourth-order valence-electron chi connectivity index (χ4n) is 3.43. The van der Waals surface area contributed by atoms with Crippen LogP contribution in [0.1, 0.15) is 21.5 Å². The maximum Gasteiger partial charge on any atom is 0.255 e. The van der Waals surface area contributed by atoms with Crippen LogP contribution in [-0.4, -0.2) is 25.9 Å². The SMILES string of the molecule is O=C(Nc1ccc2c3c(cccc13)CC2)c1ccn2nnnc2c1. The van der Waals surface area contributed by atoms with E-state index in [2.05, 4.69) is 45.1 Å². The van der Waals surface area contributed by atoms with E-state index in [-0.39, 0.29) is 5.91 Å². The van der Waals surface area contributed by atoms with Gasteiger partial charge in [0.2, 0.25) is 0 Å². The quantitative estimate of drug-likeness (QED) is 0.617. The van der Waals surface area contributed by atoms with Crippen molar-refractivity contribution < 1.29 is 4.79 Å². The number of benzene rings is 2. The molecule has 4 aromatic rings. The van der Waals surface area contributed by atoms with Crippen molar-refractivity contribution in [3.05, 3.63) is 65.4 Å². The van der Waals surface area contributed by atoms with E-state index in [1.54, 1.807) is 18.3 Å². The summed E-state index contributed by atoms with van der Waals surface area (Å²) >= 11 is 0. The van der Waals surface area contributed by atoms with E-state index in [0.717, 1.165) is 23.9 Å². The van der Waals surface area contributed by atoms with E-state index in [4.69, 9.17) is 0 Å². The van der Waals surface area contributed by atoms with Crippen molar-refractivity contribution in [2.24, 2.45) is 0 Å². The summed E-state index contributed by atoms with van der Waals surface area (Å²) in [5.41, 5.74) is 4.62. The highest BCUT2D eigenvalue weighted by Gasteiger charge is 2.17. The Hall–Kier alpha value is -3.28. The zero-order valence-corrected chi connectivity index (χ0v) is 12.7. The van der Waals surface area contributed by atoms with E-state index in [0.29, 0.717) is 11.2 Å². The predicted molar refractivity (Wildman–Crippen MR) is 90.1 cm³/mol. The zero-order chi connectivity index (χ0) is 16.1. The summed E-state index contributed by atoms with van der Waals surface area (Å²) in [5, 5.41) is 16.7. The first-order valence-electron chi connectivity index (χ1n) is 7.82. The average Bonchev–Trinajstić information content (AvgIpc) is 3.24. The lowest BCUT2D eigenvalue weighted by molar-refractivity contribution is 0.102. The van der Waals surface area contributed by atoms with Gasteiger partial charge in [-0.05, 0) is 58.0 Å². The van der Waals surface area contributed by atoms with Gasteiger partial charge in [0, 0.05) is 22.8 Å². The summed E-state index contributed by atoms with van der Waals surface area (Å²) in [5.74, 6) is -0.167. The van der Waals surface area contributed by atoms with Crippen LogP contribution in [0.15, 0.2) is 48.7 Å². The van der Waals surface area contributed by atoms with Crippen LogP contribution in [0.2, 0.25) is 0 Å². The Kier molecular flexibility index (Phi) is 2.67. The number of tetrazole rings is 1. The first-order chi connectivity index (χ1) is 11.8. The van der Waals surface area contributed by atoms with Gasteiger partial charge in [-0.2, -0.15) is 0 Å².